The Morgan fingerprint density at radius 1 is 1.20 bits per heavy atom. The average Bonchev–Trinajstić information content (AvgIpc) is 3.28. The molecule has 1 aromatic carbocycles. The molecule has 2 heterocycles. The first kappa shape index (κ1) is 15.8. The van der Waals surface area contributed by atoms with Crippen molar-refractivity contribution in [3.63, 3.8) is 0 Å². The van der Waals surface area contributed by atoms with Crippen LogP contribution < -0.4 is 0 Å². The third-order valence-corrected chi connectivity index (χ3v) is 5.32. The van der Waals surface area contributed by atoms with Crippen LogP contribution in [0.15, 0.2) is 42.6 Å². The molecule has 1 N–H and O–H groups in total. The molecule has 4 rings (SSSR count). The molecule has 1 unspecified atom stereocenters. The number of hydrogen-bond acceptors (Lipinski definition) is 2. The van der Waals surface area contributed by atoms with E-state index in [0.717, 1.165) is 29.1 Å². The van der Waals surface area contributed by atoms with Gasteiger partial charge in [-0.1, -0.05) is 37.8 Å². The average molecular weight is 333 g/mol. The summed E-state index contributed by atoms with van der Waals surface area (Å²) in [6.45, 7) is 0. The van der Waals surface area contributed by atoms with Gasteiger partial charge in [-0.05, 0) is 42.2 Å². The SMILES string of the molecule is N#Cc1ccc(C(CC2CCCC2)c2cc3cc(F)cnc3[nH]2)cc1. The molecule has 1 saturated carbocycles. The van der Waals surface area contributed by atoms with Crippen LogP contribution in [-0.2, 0) is 0 Å². The van der Waals surface area contributed by atoms with Crippen molar-refractivity contribution in [2.24, 2.45) is 5.92 Å². The second-order valence-corrected chi connectivity index (χ2v) is 6.99. The highest BCUT2D eigenvalue weighted by molar-refractivity contribution is 5.76. The predicted molar refractivity (Wildman–Crippen MR) is 95.6 cm³/mol. The smallest absolute Gasteiger partial charge is 0.142 e. The zero-order valence-corrected chi connectivity index (χ0v) is 14.0. The van der Waals surface area contributed by atoms with Crippen molar-refractivity contribution in [3.8, 4) is 6.07 Å². The van der Waals surface area contributed by atoms with Gasteiger partial charge in [-0.25, -0.2) is 9.37 Å². The van der Waals surface area contributed by atoms with E-state index in [9.17, 15) is 4.39 Å². The van der Waals surface area contributed by atoms with Crippen molar-refractivity contribution in [3.05, 3.63) is 65.2 Å². The number of fused-ring (bicyclic) bond motifs is 1. The molecule has 4 heteroatoms. The maximum Gasteiger partial charge on any atom is 0.142 e. The Balaban J connectivity index is 1.73. The highest BCUT2D eigenvalue weighted by Gasteiger charge is 2.24. The highest BCUT2D eigenvalue weighted by Crippen LogP contribution is 2.38. The normalized spacial score (nSPS) is 16.2. The number of halogens is 1. The number of aromatic nitrogens is 2. The van der Waals surface area contributed by atoms with Gasteiger partial charge in [0.05, 0.1) is 17.8 Å². The third kappa shape index (κ3) is 3.28. The molecule has 25 heavy (non-hydrogen) atoms. The summed E-state index contributed by atoms with van der Waals surface area (Å²) in [5.74, 6) is 0.619. The van der Waals surface area contributed by atoms with Crippen LogP contribution in [0.4, 0.5) is 4.39 Å². The third-order valence-electron chi connectivity index (χ3n) is 5.32. The van der Waals surface area contributed by atoms with Gasteiger partial charge in [-0.15, -0.1) is 0 Å². The lowest BCUT2D eigenvalue weighted by Crippen LogP contribution is -2.07. The summed E-state index contributed by atoms with van der Waals surface area (Å²) >= 11 is 0. The molecule has 0 bridgehead atoms. The largest absolute Gasteiger partial charge is 0.343 e. The first-order valence-corrected chi connectivity index (χ1v) is 8.87. The van der Waals surface area contributed by atoms with E-state index in [0.29, 0.717) is 5.56 Å². The van der Waals surface area contributed by atoms with Crippen LogP contribution in [0.25, 0.3) is 11.0 Å². The Hall–Kier alpha value is -2.67. The van der Waals surface area contributed by atoms with E-state index < -0.39 is 0 Å². The van der Waals surface area contributed by atoms with Gasteiger partial charge < -0.3 is 4.98 Å². The van der Waals surface area contributed by atoms with Gasteiger partial charge in [0.1, 0.15) is 11.5 Å². The summed E-state index contributed by atoms with van der Waals surface area (Å²) in [7, 11) is 0. The van der Waals surface area contributed by atoms with Crippen LogP contribution in [0, 0.1) is 23.1 Å². The minimum absolute atomic E-state index is 0.216. The Bertz CT molecular complexity index is 914. The molecule has 0 spiro atoms. The lowest BCUT2D eigenvalue weighted by atomic mass is 9.85. The summed E-state index contributed by atoms with van der Waals surface area (Å²) in [5.41, 5.74) is 3.66. The number of nitrogens with zero attached hydrogens (tertiary/aromatic N) is 2. The first-order valence-electron chi connectivity index (χ1n) is 8.87. The van der Waals surface area contributed by atoms with Crippen molar-refractivity contribution in [2.45, 2.75) is 38.0 Å². The van der Waals surface area contributed by atoms with Crippen LogP contribution >= 0.6 is 0 Å². The van der Waals surface area contributed by atoms with Gasteiger partial charge in [0.15, 0.2) is 0 Å². The van der Waals surface area contributed by atoms with Crippen molar-refractivity contribution in [2.75, 3.05) is 0 Å². The molecule has 1 atom stereocenters. The van der Waals surface area contributed by atoms with Crippen LogP contribution in [-0.4, -0.2) is 9.97 Å². The summed E-state index contributed by atoms with van der Waals surface area (Å²) in [4.78, 5) is 7.54. The second-order valence-electron chi connectivity index (χ2n) is 6.99. The number of benzene rings is 1. The Kier molecular flexibility index (Phi) is 4.23. The molecule has 0 radical (unpaired) electrons. The first-order chi connectivity index (χ1) is 12.2. The molecular weight excluding hydrogens is 313 g/mol. The standard InChI is InChI=1S/C21H20FN3/c22-18-10-17-11-20(25-21(17)24-13-18)19(9-14-3-1-2-4-14)16-7-5-15(12-23)6-8-16/h5-8,10-11,13-14,19H,1-4,9H2,(H,24,25). The Morgan fingerprint density at radius 3 is 2.68 bits per heavy atom. The van der Waals surface area contributed by atoms with Gasteiger partial charge >= 0.3 is 0 Å². The van der Waals surface area contributed by atoms with Gasteiger partial charge in [-0.3, -0.25) is 0 Å². The Morgan fingerprint density at radius 2 is 1.96 bits per heavy atom. The number of nitriles is 1. The molecule has 0 saturated heterocycles. The van der Waals surface area contributed by atoms with Crippen LogP contribution in [0.3, 0.4) is 0 Å². The van der Waals surface area contributed by atoms with Crippen LogP contribution in [0.2, 0.25) is 0 Å². The minimum atomic E-state index is -0.316. The maximum atomic E-state index is 13.5. The minimum Gasteiger partial charge on any atom is -0.343 e. The fourth-order valence-electron chi connectivity index (χ4n) is 4.01. The van der Waals surface area contributed by atoms with Crippen molar-refractivity contribution >= 4 is 11.0 Å². The Labute approximate surface area is 146 Å². The number of aromatic amines is 1. The number of nitrogens with one attached hydrogen (secondary N) is 1. The summed E-state index contributed by atoms with van der Waals surface area (Å²) < 4.78 is 13.5. The molecule has 1 aliphatic rings. The molecular formula is C21H20FN3. The summed E-state index contributed by atoms with van der Waals surface area (Å²) in [5, 5.41) is 9.84. The number of pyridine rings is 1. The van der Waals surface area contributed by atoms with E-state index in [1.807, 2.05) is 30.3 Å². The number of H-pyrrole nitrogens is 1. The number of hydrogen-bond donors (Lipinski definition) is 1. The fraction of sp³-hybridized carbons (Fsp3) is 0.333. The van der Waals surface area contributed by atoms with E-state index in [1.54, 1.807) is 0 Å². The topological polar surface area (TPSA) is 52.5 Å². The summed E-state index contributed by atoms with van der Waals surface area (Å²) in [6, 6.07) is 13.5. The van der Waals surface area contributed by atoms with E-state index in [-0.39, 0.29) is 11.7 Å². The van der Waals surface area contributed by atoms with Crippen LogP contribution in [0.5, 0.6) is 0 Å². The molecule has 126 valence electrons. The molecule has 2 aromatic heterocycles. The monoisotopic (exact) mass is 333 g/mol. The molecule has 1 fully saturated rings. The van der Waals surface area contributed by atoms with Gasteiger partial charge in [0.25, 0.3) is 0 Å². The molecule has 0 amide bonds. The lowest BCUT2D eigenvalue weighted by molar-refractivity contribution is 0.469. The van der Waals surface area contributed by atoms with E-state index in [4.69, 9.17) is 5.26 Å². The quantitative estimate of drug-likeness (QED) is 0.705. The van der Waals surface area contributed by atoms with Gasteiger partial charge in [0, 0.05) is 17.0 Å². The van der Waals surface area contributed by atoms with Crippen LogP contribution in [0.1, 0.15) is 54.8 Å². The summed E-state index contributed by atoms with van der Waals surface area (Å²) in [6.07, 6.45) is 7.49. The molecule has 3 aromatic rings. The predicted octanol–water partition coefficient (Wildman–Crippen LogP) is 5.29. The highest BCUT2D eigenvalue weighted by atomic mass is 19.1. The van der Waals surface area contributed by atoms with Crippen molar-refractivity contribution in [1.82, 2.24) is 9.97 Å². The van der Waals surface area contributed by atoms with Crippen molar-refractivity contribution < 1.29 is 4.39 Å². The number of rotatable bonds is 4. The molecule has 1 aliphatic carbocycles. The van der Waals surface area contributed by atoms with E-state index >= 15 is 0 Å². The van der Waals surface area contributed by atoms with E-state index in [2.05, 4.69) is 16.0 Å². The van der Waals surface area contributed by atoms with Crippen molar-refractivity contribution in [1.29, 1.82) is 5.26 Å². The molecule has 3 nitrogen and oxygen atoms in total. The maximum absolute atomic E-state index is 13.5. The zero-order valence-electron chi connectivity index (χ0n) is 14.0. The van der Waals surface area contributed by atoms with Gasteiger partial charge in [-0.2, -0.15) is 5.26 Å². The van der Waals surface area contributed by atoms with Gasteiger partial charge in [0.2, 0.25) is 0 Å². The lowest BCUT2D eigenvalue weighted by Gasteiger charge is -2.20. The fourth-order valence-corrected chi connectivity index (χ4v) is 4.01. The second kappa shape index (κ2) is 6.68. The van der Waals surface area contributed by atoms with E-state index in [1.165, 1.54) is 43.5 Å². The zero-order chi connectivity index (χ0) is 17.2. The molecule has 0 aliphatic heterocycles.